The first-order chi connectivity index (χ1) is 20.2. The number of allylic oxidation sites excluding steroid dienone is 4. The molecule has 0 fully saturated rings. The highest BCUT2D eigenvalue weighted by molar-refractivity contribution is 7.12. The van der Waals surface area contributed by atoms with Gasteiger partial charge in [0.15, 0.2) is 6.10 Å². The fraction of sp³-hybridized carbons (Fsp3) is 0.469. The van der Waals surface area contributed by atoms with Gasteiger partial charge in [-0.2, -0.15) is 0 Å². The molecular formula is C32H37F2N3O5S. The summed E-state index contributed by atoms with van der Waals surface area (Å²) in [4.78, 5) is 59.9. The summed E-state index contributed by atoms with van der Waals surface area (Å²) >= 11 is 1.27. The molecule has 230 valence electrons. The lowest BCUT2D eigenvalue weighted by molar-refractivity contribution is -0.160. The number of benzene rings is 1. The summed E-state index contributed by atoms with van der Waals surface area (Å²) in [6.45, 7) is 10.6. The minimum atomic E-state index is -1.40. The van der Waals surface area contributed by atoms with Crippen LogP contribution in [0.3, 0.4) is 0 Å². The summed E-state index contributed by atoms with van der Waals surface area (Å²) in [5.41, 5.74) is 0.803. The van der Waals surface area contributed by atoms with Gasteiger partial charge in [0.25, 0.3) is 17.7 Å². The van der Waals surface area contributed by atoms with E-state index in [-0.39, 0.29) is 43.3 Å². The SMILES string of the molecule is CCc1sc(C2=CC(F)=CCC2F)nc1C(N(CCCN1C(=O)c2ccccc2C1=O)C(=O)C(C)OC(C)=O)C(C)(C)C. The Kier molecular flexibility index (Phi) is 9.63. The molecule has 3 unspecified atom stereocenters. The van der Waals surface area contributed by atoms with E-state index in [4.69, 9.17) is 9.72 Å². The van der Waals surface area contributed by atoms with E-state index in [2.05, 4.69) is 0 Å². The van der Waals surface area contributed by atoms with E-state index >= 15 is 0 Å². The highest BCUT2D eigenvalue weighted by Gasteiger charge is 2.41. The van der Waals surface area contributed by atoms with Crippen molar-refractivity contribution in [3.8, 4) is 0 Å². The van der Waals surface area contributed by atoms with Gasteiger partial charge in [-0.25, -0.2) is 13.8 Å². The first-order valence-corrected chi connectivity index (χ1v) is 15.2. The van der Waals surface area contributed by atoms with Crippen molar-refractivity contribution in [1.29, 1.82) is 0 Å². The minimum absolute atomic E-state index is 0.0694. The molecular weight excluding hydrogens is 576 g/mol. The summed E-state index contributed by atoms with van der Waals surface area (Å²) in [5, 5.41) is 0.350. The Morgan fingerprint density at radius 2 is 1.81 bits per heavy atom. The Morgan fingerprint density at radius 3 is 2.37 bits per heavy atom. The molecule has 0 saturated heterocycles. The van der Waals surface area contributed by atoms with Crippen molar-refractivity contribution in [2.45, 2.75) is 79.1 Å². The molecule has 3 amide bonds. The van der Waals surface area contributed by atoms with Crippen LogP contribution in [-0.2, 0) is 20.7 Å². The second kappa shape index (κ2) is 12.9. The Hall–Kier alpha value is -3.73. The maximum Gasteiger partial charge on any atom is 0.303 e. The van der Waals surface area contributed by atoms with E-state index in [0.29, 0.717) is 28.2 Å². The quantitative estimate of drug-likeness (QED) is 0.233. The highest BCUT2D eigenvalue weighted by atomic mass is 32.1. The molecule has 43 heavy (non-hydrogen) atoms. The smallest absolute Gasteiger partial charge is 0.303 e. The number of aryl methyl sites for hydroxylation is 1. The molecule has 11 heteroatoms. The van der Waals surface area contributed by atoms with Crippen molar-refractivity contribution in [3.63, 3.8) is 0 Å². The zero-order chi connectivity index (χ0) is 31.6. The normalized spacial score (nSPS) is 18.1. The maximum atomic E-state index is 14.9. The van der Waals surface area contributed by atoms with Crippen LogP contribution in [0.5, 0.6) is 0 Å². The molecule has 1 aliphatic heterocycles. The number of hydrogen-bond donors (Lipinski definition) is 0. The second-order valence-corrected chi connectivity index (χ2v) is 12.9. The van der Waals surface area contributed by atoms with Crippen LogP contribution in [0.2, 0.25) is 0 Å². The highest BCUT2D eigenvalue weighted by Crippen LogP contribution is 2.43. The number of halogens is 2. The number of carbonyl (C=O) groups is 4. The summed E-state index contributed by atoms with van der Waals surface area (Å²) in [6.07, 6.45) is 0.557. The molecule has 4 rings (SSSR count). The average molecular weight is 614 g/mol. The zero-order valence-corrected chi connectivity index (χ0v) is 26.1. The number of alkyl halides is 1. The first kappa shape index (κ1) is 32.2. The van der Waals surface area contributed by atoms with Crippen molar-refractivity contribution in [2.24, 2.45) is 5.41 Å². The number of nitrogens with zero attached hydrogens (tertiary/aromatic N) is 3. The summed E-state index contributed by atoms with van der Waals surface area (Å²) in [7, 11) is 0. The summed E-state index contributed by atoms with van der Waals surface area (Å²) in [5.74, 6) is -2.38. The summed E-state index contributed by atoms with van der Waals surface area (Å²) < 4.78 is 34.3. The van der Waals surface area contributed by atoms with E-state index in [9.17, 15) is 28.0 Å². The van der Waals surface area contributed by atoms with Gasteiger partial charge in [0.2, 0.25) is 0 Å². The van der Waals surface area contributed by atoms with Gasteiger partial charge in [-0.1, -0.05) is 39.8 Å². The molecule has 0 saturated carbocycles. The number of thiazole rings is 1. The fourth-order valence-electron chi connectivity index (χ4n) is 5.56. The van der Waals surface area contributed by atoms with Crippen LogP contribution in [0.4, 0.5) is 8.78 Å². The van der Waals surface area contributed by atoms with Crippen LogP contribution >= 0.6 is 11.3 Å². The van der Waals surface area contributed by atoms with Crippen molar-refractivity contribution in [3.05, 3.63) is 68.9 Å². The average Bonchev–Trinajstić information content (AvgIpc) is 3.46. The van der Waals surface area contributed by atoms with Crippen molar-refractivity contribution < 1.29 is 32.7 Å². The molecule has 1 aromatic heterocycles. The minimum Gasteiger partial charge on any atom is -0.453 e. The predicted octanol–water partition coefficient (Wildman–Crippen LogP) is 6.24. The second-order valence-electron chi connectivity index (χ2n) is 11.8. The Bertz CT molecular complexity index is 1460. The lowest BCUT2D eigenvalue weighted by Crippen LogP contribution is -2.47. The number of aromatic nitrogens is 1. The molecule has 0 spiro atoms. The standard InChI is InChI=1S/C32H37F2N3O5S/c1-7-25-26(35-28(43-25)23-17-20(33)13-14-24(23)34)27(32(4,5)6)36(29(39)18(2)42-19(3)38)15-10-16-37-30(40)21-11-8-9-12-22(21)31(37)41/h8-9,11-13,17-18,24,27H,7,10,14-16H2,1-6H3. The largest absolute Gasteiger partial charge is 0.453 e. The number of rotatable bonds is 10. The van der Waals surface area contributed by atoms with Crippen molar-refractivity contribution in [2.75, 3.05) is 13.1 Å². The van der Waals surface area contributed by atoms with Crippen molar-refractivity contribution in [1.82, 2.24) is 14.8 Å². The zero-order valence-electron chi connectivity index (χ0n) is 25.3. The molecule has 0 bridgehead atoms. The Morgan fingerprint density at radius 1 is 1.19 bits per heavy atom. The fourth-order valence-corrected chi connectivity index (χ4v) is 6.64. The van der Waals surface area contributed by atoms with Crippen LogP contribution in [0.1, 0.15) is 96.7 Å². The molecule has 2 heterocycles. The lowest BCUT2D eigenvalue weighted by Gasteiger charge is -2.41. The Labute approximate surface area is 254 Å². The van der Waals surface area contributed by atoms with Crippen molar-refractivity contribution >= 4 is 40.6 Å². The molecule has 8 nitrogen and oxygen atoms in total. The predicted molar refractivity (Wildman–Crippen MR) is 160 cm³/mol. The number of carbonyl (C=O) groups excluding carboxylic acids is 4. The lowest BCUT2D eigenvalue weighted by atomic mass is 9.82. The van der Waals surface area contributed by atoms with Gasteiger partial charge in [-0.15, -0.1) is 11.3 Å². The van der Waals surface area contributed by atoms with Gasteiger partial charge >= 0.3 is 5.97 Å². The van der Waals surface area contributed by atoms with E-state index in [1.54, 1.807) is 29.2 Å². The third-order valence-corrected chi connectivity index (χ3v) is 8.73. The van der Waals surface area contributed by atoms with Crippen LogP contribution < -0.4 is 0 Å². The third-order valence-electron chi connectivity index (χ3n) is 7.47. The van der Waals surface area contributed by atoms with Crippen LogP contribution in [-0.4, -0.2) is 63.8 Å². The number of hydrogen-bond acceptors (Lipinski definition) is 7. The van der Waals surface area contributed by atoms with E-state index in [1.807, 2.05) is 27.7 Å². The van der Waals surface area contributed by atoms with Crippen LogP contribution in [0.15, 0.2) is 42.2 Å². The van der Waals surface area contributed by atoms with Gasteiger partial charge in [-0.3, -0.25) is 24.1 Å². The number of imide groups is 1. The molecule has 2 aromatic rings. The number of esters is 1. The molecule has 1 aromatic carbocycles. The molecule has 0 radical (unpaired) electrons. The van der Waals surface area contributed by atoms with Gasteiger partial charge in [0.1, 0.15) is 17.0 Å². The van der Waals surface area contributed by atoms with Gasteiger partial charge < -0.3 is 9.64 Å². The topological polar surface area (TPSA) is 96.9 Å². The maximum absolute atomic E-state index is 14.9. The van der Waals surface area contributed by atoms with Gasteiger partial charge in [0.05, 0.1) is 22.9 Å². The number of ether oxygens (including phenoxy) is 1. The van der Waals surface area contributed by atoms with Crippen LogP contribution in [0.25, 0.3) is 5.57 Å². The van der Waals surface area contributed by atoms with Crippen LogP contribution in [0, 0.1) is 5.41 Å². The van der Waals surface area contributed by atoms with E-state index in [0.717, 1.165) is 11.0 Å². The number of fused-ring (bicyclic) bond motifs is 1. The van der Waals surface area contributed by atoms with Gasteiger partial charge in [0, 0.05) is 36.9 Å². The number of amides is 3. The molecule has 1 aliphatic carbocycles. The third kappa shape index (κ3) is 6.76. The summed E-state index contributed by atoms with van der Waals surface area (Å²) in [6, 6.07) is 5.97. The molecule has 2 aliphatic rings. The molecule has 3 atom stereocenters. The first-order valence-electron chi connectivity index (χ1n) is 14.4. The van der Waals surface area contributed by atoms with Gasteiger partial charge in [-0.05, 0) is 49.5 Å². The van der Waals surface area contributed by atoms with E-state index in [1.165, 1.54) is 36.2 Å². The molecule has 0 N–H and O–H groups in total. The Balaban J connectivity index is 1.69. The van der Waals surface area contributed by atoms with E-state index < -0.39 is 41.4 Å². The monoisotopic (exact) mass is 613 g/mol.